The summed E-state index contributed by atoms with van der Waals surface area (Å²) < 4.78 is 0. The van der Waals surface area contributed by atoms with Gasteiger partial charge in [-0.05, 0) is 30.4 Å². The molecular formula is C13H15N3O3S. The van der Waals surface area contributed by atoms with Gasteiger partial charge in [-0.2, -0.15) is 12.6 Å². The van der Waals surface area contributed by atoms with Crippen LogP contribution in [0.5, 0.6) is 0 Å². The molecule has 1 fully saturated rings. The summed E-state index contributed by atoms with van der Waals surface area (Å²) in [4.78, 5) is 36.0. The SMILES string of the molecule is Cc1ccc(NC(=O)CCS)cc1N1C(=O)CNC1=O. The molecule has 0 aliphatic carbocycles. The van der Waals surface area contributed by atoms with E-state index in [1.165, 1.54) is 0 Å². The zero-order valence-corrected chi connectivity index (χ0v) is 11.9. The second kappa shape index (κ2) is 5.96. The van der Waals surface area contributed by atoms with Crippen molar-refractivity contribution in [2.24, 2.45) is 0 Å². The van der Waals surface area contributed by atoms with E-state index >= 15 is 0 Å². The first-order chi connectivity index (χ1) is 9.52. The Hall–Kier alpha value is -2.02. The van der Waals surface area contributed by atoms with Gasteiger partial charge in [0.15, 0.2) is 0 Å². The van der Waals surface area contributed by atoms with Crippen molar-refractivity contribution < 1.29 is 14.4 Å². The summed E-state index contributed by atoms with van der Waals surface area (Å²) in [6.07, 6.45) is 0.301. The predicted molar refractivity (Wildman–Crippen MR) is 79.2 cm³/mol. The van der Waals surface area contributed by atoms with E-state index in [-0.39, 0.29) is 18.4 Å². The number of hydrogen-bond acceptors (Lipinski definition) is 4. The van der Waals surface area contributed by atoms with Crippen LogP contribution < -0.4 is 15.5 Å². The van der Waals surface area contributed by atoms with Crippen molar-refractivity contribution in [1.82, 2.24) is 5.32 Å². The first-order valence-corrected chi connectivity index (χ1v) is 6.78. The van der Waals surface area contributed by atoms with Crippen molar-refractivity contribution >= 4 is 41.8 Å². The van der Waals surface area contributed by atoms with E-state index in [1.807, 2.05) is 0 Å². The van der Waals surface area contributed by atoms with Crippen molar-refractivity contribution in [1.29, 1.82) is 0 Å². The van der Waals surface area contributed by atoms with Gasteiger partial charge in [-0.3, -0.25) is 9.59 Å². The molecule has 0 saturated carbocycles. The molecule has 0 bridgehead atoms. The molecule has 4 amide bonds. The van der Waals surface area contributed by atoms with Crippen molar-refractivity contribution in [3.05, 3.63) is 23.8 Å². The molecule has 106 valence electrons. The van der Waals surface area contributed by atoms with Crippen LogP contribution in [0.1, 0.15) is 12.0 Å². The molecule has 0 aromatic heterocycles. The highest BCUT2D eigenvalue weighted by Gasteiger charge is 2.31. The normalized spacial score (nSPS) is 14.4. The number of anilines is 2. The second-order valence-electron chi connectivity index (χ2n) is 4.41. The van der Waals surface area contributed by atoms with Crippen LogP contribution in [0, 0.1) is 6.92 Å². The van der Waals surface area contributed by atoms with E-state index in [2.05, 4.69) is 23.3 Å². The van der Waals surface area contributed by atoms with E-state index in [0.29, 0.717) is 23.5 Å². The number of benzene rings is 1. The number of nitrogens with zero attached hydrogens (tertiary/aromatic N) is 1. The van der Waals surface area contributed by atoms with Crippen molar-refractivity contribution in [3.63, 3.8) is 0 Å². The molecule has 1 aromatic rings. The highest BCUT2D eigenvalue weighted by atomic mass is 32.1. The maximum atomic E-state index is 11.7. The average Bonchev–Trinajstić information content (AvgIpc) is 2.72. The number of carbonyl (C=O) groups excluding carboxylic acids is 3. The summed E-state index contributed by atoms with van der Waals surface area (Å²) in [6, 6.07) is 4.66. The number of imide groups is 1. The maximum Gasteiger partial charge on any atom is 0.329 e. The second-order valence-corrected chi connectivity index (χ2v) is 4.86. The standard InChI is InChI=1S/C13H15N3O3S/c1-8-2-3-9(15-11(17)4-5-20)6-10(8)16-12(18)7-14-13(16)19/h2-3,6,20H,4-5,7H2,1H3,(H,14,19)(H,15,17). The van der Waals surface area contributed by atoms with Crippen molar-refractivity contribution in [2.45, 2.75) is 13.3 Å². The van der Waals surface area contributed by atoms with Gasteiger partial charge in [0.2, 0.25) is 5.91 Å². The minimum absolute atomic E-state index is 0.00544. The van der Waals surface area contributed by atoms with E-state index in [4.69, 9.17) is 0 Å². The van der Waals surface area contributed by atoms with Gasteiger partial charge in [-0.1, -0.05) is 6.07 Å². The molecule has 6 nitrogen and oxygen atoms in total. The largest absolute Gasteiger partial charge is 0.329 e. The first kappa shape index (κ1) is 14.4. The molecule has 0 atom stereocenters. The smallest absolute Gasteiger partial charge is 0.328 e. The Morgan fingerprint density at radius 3 is 2.80 bits per heavy atom. The zero-order chi connectivity index (χ0) is 14.7. The number of carbonyl (C=O) groups is 3. The molecule has 2 N–H and O–H groups in total. The highest BCUT2D eigenvalue weighted by molar-refractivity contribution is 7.80. The third kappa shape index (κ3) is 2.93. The van der Waals surface area contributed by atoms with Gasteiger partial charge in [-0.15, -0.1) is 0 Å². The fourth-order valence-corrected chi connectivity index (χ4v) is 2.12. The Morgan fingerprint density at radius 2 is 2.20 bits per heavy atom. The minimum Gasteiger partial charge on any atom is -0.328 e. The minimum atomic E-state index is -0.447. The molecule has 1 aromatic carbocycles. The quantitative estimate of drug-likeness (QED) is 0.578. The van der Waals surface area contributed by atoms with Gasteiger partial charge in [0.05, 0.1) is 12.2 Å². The van der Waals surface area contributed by atoms with E-state index < -0.39 is 6.03 Å². The fraction of sp³-hybridized carbons (Fsp3) is 0.308. The van der Waals surface area contributed by atoms with Crippen LogP contribution in [0.4, 0.5) is 16.2 Å². The lowest BCUT2D eigenvalue weighted by Gasteiger charge is -2.16. The predicted octanol–water partition coefficient (Wildman–Crippen LogP) is 1.31. The first-order valence-electron chi connectivity index (χ1n) is 6.15. The molecule has 0 radical (unpaired) electrons. The van der Waals surface area contributed by atoms with Crippen LogP contribution in [0.15, 0.2) is 18.2 Å². The number of urea groups is 1. The van der Waals surface area contributed by atoms with Crippen LogP contribution in [0.2, 0.25) is 0 Å². The number of hydrogen-bond donors (Lipinski definition) is 3. The van der Waals surface area contributed by atoms with Crippen LogP contribution >= 0.6 is 12.6 Å². The van der Waals surface area contributed by atoms with E-state index in [1.54, 1.807) is 25.1 Å². The van der Waals surface area contributed by atoms with Gasteiger partial charge in [0, 0.05) is 12.1 Å². The van der Waals surface area contributed by atoms with E-state index in [9.17, 15) is 14.4 Å². The number of thiol groups is 1. The molecule has 7 heteroatoms. The summed E-state index contributed by atoms with van der Waals surface area (Å²) in [5, 5.41) is 5.17. The molecule has 0 unspecified atom stereocenters. The Labute approximate surface area is 121 Å². The average molecular weight is 293 g/mol. The lowest BCUT2D eigenvalue weighted by atomic mass is 10.1. The topological polar surface area (TPSA) is 78.5 Å². The Balaban J connectivity index is 2.27. The molecule has 1 aliphatic heterocycles. The van der Waals surface area contributed by atoms with Gasteiger partial charge in [0.25, 0.3) is 5.91 Å². The molecule has 2 rings (SSSR count). The Morgan fingerprint density at radius 1 is 1.45 bits per heavy atom. The van der Waals surface area contributed by atoms with Crippen molar-refractivity contribution in [2.75, 3.05) is 22.5 Å². The fourth-order valence-electron chi connectivity index (χ4n) is 1.92. The summed E-state index contributed by atoms with van der Waals surface area (Å²) in [5.74, 6) is -0.0127. The third-order valence-corrected chi connectivity index (χ3v) is 3.14. The monoisotopic (exact) mass is 293 g/mol. The Bertz CT molecular complexity index is 558. The molecular weight excluding hydrogens is 278 g/mol. The zero-order valence-electron chi connectivity index (χ0n) is 11.0. The lowest BCUT2D eigenvalue weighted by Crippen LogP contribution is -2.31. The van der Waals surface area contributed by atoms with Crippen molar-refractivity contribution in [3.8, 4) is 0 Å². The van der Waals surface area contributed by atoms with E-state index in [0.717, 1.165) is 10.5 Å². The van der Waals surface area contributed by atoms with Gasteiger partial charge in [0.1, 0.15) is 0 Å². The molecule has 1 heterocycles. The molecule has 1 saturated heterocycles. The third-order valence-electron chi connectivity index (χ3n) is 2.92. The van der Waals surface area contributed by atoms with Crippen LogP contribution in [0.25, 0.3) is 0 Å². The molecule has 20 heavy (non-hydrogen) atoms. The van der Waals surface area contributed by atoms with Crippen LogP contribution in [0.3, 0.4) is 0 Å². The number of rotatable bonds is 4. The summed E-state index contributed by atoms with van der Waals surface area (Å²) >= 11 is 3.99. The number of aryl methyl sites for hydroxylation is 1. The summed E-state index contributed by atoms with van der Waals surface area (Å²) in [6.45, 7) is 1.79. The number of nitrogens with one attached hydrogen (secondary N) is 2. The van der Waals surface area contributed by atoms with Crippen LogP contribution in [-0.4, -0.2) is 30.1 Å². The highest BCUT2D eigenvalue weighted by Crippen LogP contribution is 2.26. The summed E-state index contributed by atoms with van der Waals surface area (Å²) in [5.41, 5.74) is 1.81. The maximum absolute atomic E-state index is 11.7. The van der Waals surface area contributed by atoms with Gasteiger partial charge in [-0.25, -0.2) is 9.69 Å². The number of amides is 4. The molecule has 0 spiro atoms. The van der Waals surface area contributed by atoms with Gasteiger partial charge >= 0.3 is 6.03 Å². The summed E-state index contributed by atoms with van der Waals surface area (Å²) in [7, 11) is 0. The molecule has 1 aliphatic rings. The van der Waals surface area contributed by atoms with Gasteiger partial charge < -0.3 is 10.6 Å². The lowest BCUT2D eigenvalue weighted by molar-refractivity contribution is -0.116. The Kier molecular flexibility index (Phi) is 4.29. The van der Waals surface area contributed by atoms with Crippen LogP contribution in [-0.2, 0) is 9.59 Å².